The number of aromatic carboxylic acids is 1. The highest BCUT2D eigenvalue weighted by Crippen LogP contribution is 2.07. The summed E-state index contributed by atoms with van der Waals surface area (Å²) in [5.41, 5.74) is 2.19. The summed E-state index contributed by atoms with van der Waals surface area (Å²) in [7, 11) is 0. The number of anilines is 1. The van der Waals surface area contributed by atoms with Crippen molar-refractivity contribution >= 4 is 11.8 Å². The Morgan fingerprint density at radius 2 is 2.60 bits per heavy atom. The third-order valence-corrected chi connectivity index (χ3v) is 1.01. The first kappa shape index (κ1) is 6.56. The van der Waals surface area contributed by atoms with E-state index in [2.05, 4.69) is 15.6 Å². The highest BCUT2D eigenvalue weighted by Gasteiger charge is 2.09. The summed E-state index contributed by atoms with van der Waals surface area (Å²) in [6.07, 6.45) is 1.18. The number of nitrogens with zero attached hydrogens (tertiary/aromatic N) is 1. The quantitative estimate of drug-likeness (QED) is 0.326. The van der Waals surface area contributed by atoms with Crippen LogP contribution < -0.4 is 11.3 Å². The van der Waals surface area contributed by atoms with Crippen LogP contribution >= 0.6 is 0 Å². The van der Waals surface area contributed by atoms with Gasteiger partial charge in [-0.1, -0.05) is 0 Å². The predicted molar refractivity (Wildman–Crippen MR) is 33.4 cm³/mol. The Morgan fingerprint density at radius 1 is 1.90 bits per heavy atom. The monoisotopic (exact) mass is 142 g/mol. The number of carboxylic acids is 1. The molecule has 0 fully saturated rings. The van der Waals surface area contributed by atoms with Crippen molar-refractivity contribution in [3.8, 4) is 0 Å². The van der Waals surface area contributed by atoms with Gasteiger partial charge in [-0.3, -0.25) is 5.10 Å². The largest absolute Gasteiger partial charge is 0.477 e. The zero-order valence-electron chi connectivity index (χ0n) is 4.96. The Balaban J connectivity index is 3.01. The zero-order valence-corrected chi connectivity index (χ0v) is 4.96. The standard InChI is InChI=1S/C4H6N4O2/c5-7-3-2(4(9)10)1-6-8-3/h1H,5H2,(H,9,10)(H2,6,7,8). The molecule has 0 aliphatic carbocycles. The van der Waals surface area contributed by atoms with Crippen molar-refractivity contribution in [1.82, 2.24) is 10.2 Å². The van der Waals surface area contributed by atoms with Crippen molar-refractivity contribution < 1.29 is 9.90 Å². The van der Waals surface area contributed by atoms with E-state index >= 15 is 0 Å². The van der Waals surface area contributed by atoms with Gasteiger partial charge in [-0.25, -0.2) is 10.6 Å². The summed E-state index contributed by atoms with van der Waals surface area (Å²) >= 11 is 0. The Hall–Kier alpha value is -1.56. The molecule has 1 heterocycles. The molecule has 10 heavy (non-hydrogen) atoms. The second-order valence-electron chi connectivity index (χ2n) is 1.61. The van der Waals surface area contributed by atoms with Gasteiger partial charge in [0, 0.05) is 0 Å². The maximum atomic E-state index is 10.3. The van der Waals surface area contributed by atoms with Gasteiger partial charge in [-0.2, -0.15) is 5.10 Å². The maximum absolute atomic E-state index is 10.3. The molecule has 0 amide bonds. The topological polar surface area (TPSA) is 104 Å². The van der Waals surface area contributed by atoms with Crippen LogP contribution in [0.15, 0.2) is 6.20 Å². The van der Waals surface area contributed by atoms with Crippen molar-refractivity contribution in [2.24, 2.45) is 5.84 Å². The number of nitrogens with one attached hydrogen (secondary N) is 2. The lowest BCUT2D eigenvalue weighted by Gasteiger charge is -1.93. The molecule has 0 aromatic carbocycles. The molecule has 0 aliphatic heterocycles. The van der Waals surface area contributed by atoms with Gasteiger partial charge >= 0.3 is 5.97 Å². The number of hydrogen-bond donors (Lipinski definition) is 4. The van der Waals surface area contributed by atoms with Crippen LogP contribution in [0.5, 0.6) is 0 Å². The summed E-state index contributed by atoms with van der Waals surface area (Å²) in [5, 5.41) is 14.3. The second-order valence-corrected chi connectivity index (χ2v) is 1.61. The minimum atomic E-state index is -1.07. The molecule has 0 bridgehead atoms. The fourth-order valence-electron chi connectivity index (χ4n) is 0.558. The van der Waals surface area contributed by atoms with E-state index in [9.17, 15) is 4.79 Å². The Kier molecular flexibility index (Phi) is 1.55. The van der Waals surface area contributed by atoms with Gasteiger partial charge < -0.3 is 10.5 Å². The van der Waals surface area contributed by atoms with Crippen LogP contribution in [-0.2, 0) is 0 Å². The molecule has 5 N–H and O–H groups in total. The van der Waals surface area contributed by atoms with E-state index < -0.39 is 5.97 Å². The molecule has 0 unspecified atom stereocenters. The van der Waals surface area contributed by atoms with Gasteiger partial charge in [0.25, 0.3) is 0 Å². The molecule has 0 radical (unpaired) electrons. The number of hydrazine groups is 1. The van der Waals surface area contributed by atoms with Crippen LogP contribution in [0.2, 0.25) is 0 Å². The average molecular weight is 142 g/mol. The van der Waals surface area contributed by atoms with Crippen molar-refractivity contribution in [3.63, 3.8) is 0 Å². The lowest BCUT2D eigenvalue weighted by atomic mass is 10.3. The van der Waals surface area contributed by atoms with E-state index in [1.807, 2.05) is 0 Å². The molecule has 6 nitrogen and oxygen atoms in total. The number of nitrogens with two attached hydrogens (primary N) is 1. The number of carbonyl (C=O) groups is 1. The average Bonchev–Trinajstić information content (AvgIpc) is 2.33. The SMILES string of the molecule is NNc1[nH]ncc1C(=O)O. The Morgan fingerprint density at radius 3 is 3.00 bits per heavy atom. The van der Waals surface area contributed by atoms with E-state index in [0.29, 0.717) is 0 Å². The van der Waals surface area contributed by atoms with Gasteiger partial charge in [0.05, 0.1) is 6.20 Å². The fraction of sp³-hybridized carbons (Fsp3) is 0. The van der Waals surface area contributed by atoms with Crippen molar-refractivity contribution in [2.75, 3.05) is 5.43 Å². The van der Waals surface area contributed by atoms with Gasteiger partial charge in [-0.15, -0.1) is 0 Å². The van der Waals surface area contributed by atoms with Gasteiger partial charge in [-0.05, 0) is 0 Å². The van der Waals surface area contributed by atoms with Crippen LogP contribution in [0.4, 0.5) is 5.82 Å². The van der Waals surface area contributed by atoms with Crippen LogP contribution in [0.25, 0.3) is 0 Å². The molecule has 0 spiro atoms. The number of nitrogen functional groups attached to an aromatic ring is 1. The zero-order chi connectivity index (χ0) is 7.56. The van der Waals surface area contributed by atoms with Gasteiger partial charge in [0.2, 0.25) is 0 Å². The number of H-pyrrole nitrogens is 1. The Labute approximate surface area is 56.0 Å². The van der Waals surface area contributed by atoms with Crippen molar-refractivity contribution in [1.29, 1.82) is 0 Å². The van der Waals surface area contributed by atoms with Crippen LogP contribution in [0, 0.1) is 0 Å². The van der Waals surface area contributed by atoms with E-state index in [-0.39, 0.29) is 11.4 Å². The molecule has 1 rings (SSSR count). The molecule has 54 valence electrons. The third kappa shape index (κ3) is 0.914. The first-order valence-electron chi connectivity index (χ1n) is 2.49. The van der Waals surface area contributed by atoms with Crippen molar-refractivity contribution in [3.05, 3.63) is 11.8 Å². The van der Waals surface area contributed by atoms with E-state index in [4.69, 9.17) is 10.9 Å². The van der Waals surface area contributed by atoms with Gasteiger partial charge in [0.1, 0.15) is 5.56 Å². The molecule has 6 heteroatoms. The van der Waals surface area contributed by atoms with Crippen LogP contribution in [-0.4, -0.2) is 21.3 Å². The summed E-state index contributed by atoms with van der Waals surface area (Å²) < 4.78 is 0. The number of rotatable bonds is 2. The number of aromatic amines is 1. The van der Waals surface area contributed by atoms with Crippen molar-refractivity contribution in [2.45, 2.75) is 0 Å². The molecule has 0 aliphatic rings. The smallest absolute Gasteiger partial charge is 0.341 e. The second kappa shape index (κ2) is 2.36. The van der Waals surface area contributed by atoms with Crippen LogP contribution in [0.1, 0.15) is 10.4 Å². The lowest BCUT2D eigenvalue weighted by Crippen LogP contribution is -2.10. The van der Waals surface area contributed by atoms with E-state index in [1.54, 1.807) is 0 Å². The summed E-state index contributed by atoms with van der Waals surface area (Å²) in [4.78, 5) is 10.3. The van der Waals surface area contributed by atoms with E-state index in [0.717, 1.165) is 0 Å². The predicted octanol–water partition coefficient (Wildman–Crippen LogP) is -0.607. The number of aromatic nitrogens is 2. The van der Waals surface area contributed by atoms with Crippen LogP contribution in [0.3, 0.4) is 0 Å². The lowest BCUT2D eigenvalue weighted by molar-refractivity contribution is 0.0698. The Bertz CT molecular complexity index is 243. The normalized spacial score (nSPS) is 9.30. The molecule has 0 saturated carbocycles. The minimum absolute atomic E-state index is 0.0301. The molecular weight excluding hydrogens is 136 g/mol. The number of carboxylic acid groups (broad SMARTS) is 1. The highest BCUT2D eigenvalue weighted by molar-refractivity contribution is 5.92. The van der Waals surface area contributed by atoms with Gasteiger partial charge in [0.15, 0.2) is 5.82 Å². The van der Waals surface area contributed by atoms with E-state index in [1.165, 1.54) is 6.20 Å². The minimum Gasteiger partial charge on any atom is -0.477 e. The highest BCUT2D eigenvalue weighted by atomic mass is 16.4. The first-order chi connectivity index (χ1) is 4.75. The molecule has 0 atom stereocenters. The molecule has 0 saturated heterocycles. The molecular formula is C4H6N4O2. The first-order valence-corrected chi connectivity index (χ1v) is 2.49. The molecule has 1 aromatic rings. The maximum Gasteiger partial charge on any atom is 0.341 e. The summed E-state index contributed by atoms with van der Waals surface area (Å²) in [5.74, 6) is 4.08. The fourth-order valence-corrected chi connectivity index (χ4v) is 0.558. The number of hydrogen-bond acceptors (Lipinski definition) is 4. The summed E-state index contributed by atoms with van der Waals surface area (Å²) in [6.45, 7) is 0. The molecule has 1 aromatic heterocycles. The summed E-state index contributed by atoms with van der Waals surface area (Å²) in [6, 6.07) is 0. The third-order valence-electron chi connectivity index (χ3n) is 1.01.